The topological polar surface area (TPSA) is 87.6 Å². The third-order valence-electron chi connectivity index (χ3n) is 4.14. The molecule has 0 aliphatic carbocycles. The molecule has 11 heteroatoms. The second-order valence-corrected chi connectivity index (χ2v) is 8.54. The SMILES string of the molecule is O=C(NN=Cc1ccccc1C(F)(F)F)c1cccc(S(=O)(=O)Nc2ccc(Cl)cc2)c1. The molecule has 0 radical (unpaired) electrons. The second-order valence-electron chi connectivity index (χ2n) is 6.42. The van der Waals surface area contributed by atoms with Crippen molar-refractivity contribution in [3.63, 3.8) is 0 Å². The first-order valence-corrected chi connectivity index (χ1v) is 10.8. The Kier molecular flexibility index (Phi) is 6.85. The van der Waals surface area contributed by atoms with Gasteiger partial charge in [0.15, 0.2) is 0 Å². The molecule has 1 amide bonds. The fraction of sp³-hybridized carbons (Fsp3) is 0.0476. The molecule has 0 unspecified atom stereocenters. The highest BCUT2D eigenvalue weighted by molar-refractivity contribution is 7.92. The molecule has 3 rings (SSSR count). The Hall–Kier alpha value is -3.37. The van der Waals surface area contributed by atoms with Crippen molar-refractivity contribution in [1.82, 2.24) is 5.43 Å². The molecule has 32 heavy (non-hydrogen) atoms. The summed E-state index contributed by atoms with van der Waals surface area (Å²) in [7, 11) is -4.00. The molecule has 0 aromatic heterocycles. The van der Waals surface area contributed by atoms with Crippen molar-refractivity contribution in [2.45, 2.75) is 11.1 Å². The number of amides is 1. The van der Waals surface area contributed by atoms with Gasteiger partial charge in [0.1, 0.15) is 0 Å². The zero-order chi connectivity index (χ0) is 23.4. The summed E-state index contributed by atoms with van der Waals surface area (Å²) in [5.41, 5.74) is 1.18. The summed E-state index contributed by atoms with van der Waals surface area (Å²) < 4.78 is 66.6. The van der Waals surface area contributed by atoms with E-state index in [0.717, 1.165) is 18.3 Å². The van der Waals surface area contributed by atoms with Crippen LogP contribution < -0.4 is 10.1 Å². The first-order valence-electron chi connectivity index (χ1n) is 8.94. The molecule has 2 N–H and O–H groups in total. The van der Waals surface area contributed by atoms with Gasteiger partial charge in [-0.15, -0.1) is 0 Å². The van der Waals surface area contributed by atoms with Crippen molar-refractivity contribution < 1.29 is 26.4 Å². The Morgan fingerprint density at radius 1 is 0.969 bits per heavy atom. The molecular weight excluding hydrogens is 467 g/mol. The Bertz CT molecular complexity index is 1260. The van der Waals surface area contributed by atoms with E-state index in [0.29, 0.717) is 5.02 Å². The third kappa shape index (κ3) is 5.86. The molecule has 0 aliphatic rings. The van der Waals surface area contributed by atoms with Gasteiger partial charge in [0.05, 0.1) is 16.7 Å². The Morgan fingerprint density at radius 3 is 2.34 bits per heavy atom. The Balaban J connectivity index is 1.75. The molecule has 0 saturated heterocycles. The lowest BCUT2D eigenvalue weighted by Crippen LogP contribution is -2.19. The van der Waals surface area contributed by atoms with Gasteiger partial charge in [-0.3, -0.25) is 9.52 Å². The zero-order valence-corrected chi connectivity index (χ0v) is 17.7. The molecule has 3 aromatic carbocycles. The maximum atomic E-state index is 13.0. The first kappa shape index (κ1) is 23.3. The number of hydrogen-bond acceptors (Lipinski definition) is 4. The molecule has 6 nitrogen and oxygen atoms in total. The smallest absolute Gasteiger partial charge is 0.280 e. The van der Waals surface area contributed by atoms with E-state index in [-0.39, 0.29) is 21.7 Å². The average molecular weight is 482 g/mol. The van der Waals surface area contributed by atoms with Crippen LogP contribution in [0.4, 0.5) is 18.9 Å². The highest BCUT2D eigenvalue weighted by atomic mass is 35.5. The Labute approximate surface area is 186 Å². The van der Waals surface area contributed by atoms with Gasteiger partial charge in [0.2, 0.25) is 0 Å². The average Bonchev–Trinajstić information content (AvgIpc) is 2.75. The van der Waals surface area contributed by atoms with Crippen molar-refractivity contribution in [1.29, 1.82) is 0 Å². The number of nitrogens with zero attached hydrogens (tertiary/aromatic N) is 1. The number of alkyl halides is 3. The normalized spacial score (nSPS) is 12.0. The summed E-state index contributed by atoms with van der Waals surface area (Å²) in [6.07, 6.45) is -3.71. The molecule has 0 bridgehead atoms. The third-order valence-corrected chi connectivity index (χ3v) is 5.77. The van der Waals surface area contributed by atoms with E-state index >= 15 is 0 Å². The van der Waals surface area contributed by atoms with Crippen LogP contribution in [-0.4, -0.2) is 20.5 Å². The molecule has 0 fully saturated rings. The lowest BCUT2D eigenvalue weighted by Gasteiger charge is -2.10. The number of anilines is 1. The number of carbonyl (C=O) groups is 1. The minimum absolute atomic E-state index is 0.0507. The lowest BCUT2D eigenvalue weighted by atomic mass is 10.1. The monoisotopic (exact) mass is 481 g/mol. The zero-order valence-electron chi connectivity index (χ0n) is 16.1. The fourth-order valence-corrected chi connectivity index (χ4v) is 3.86. The van der Waals surface area contributed by atoms with E-state index in [1.165, 1.54) is 60.7 Å². The van der Waals surface area contributed by atoms with E-state index in [1.807, 2.05) is 0 Å². The lowest BCUT2D eigenvalue weighted by molar-refractivity contribution is -0.137. The number of halogens is 4. The van der Waals surface area contributed by atoms with Crippen LogP contribution in [0, 0.1) is 0 Å². The highest BCUT2D eigenvalue weighted by Gasteiger charge is 2.32. The quantitative estimate of drug-likeness (QED) is 0.387. The highest BCUT2D eigenvalue weighted by Crippen LogP contribution is 2.31. The number of hydrazone groups is 1. The van der Waals surface area contributed by atoms with Crippen LogP contribution in [0.25, 0.3) is 0 Å². The minimum Gasteiger partial charge on any atom is -0.280 e. The number of nitrogens with one attached hydrogen (secondary N) is 2. The van der Waals surface area contributed by atoms with Crippen molar-refractivity contribution in [2.24, 2.45) is 5.10 Å². The molecular formula is C21H15ClF3N3O3S. The molecule has 0 aliphatic heterocycles. The Morgan fingerprint density at radius 2 is 1.66 bits per heavy atom. The summed E-state index contributed by atoms with van der Waals surface area (Å²) >= 11 is 5.78. The number of benzene rings is 3. The molecule has 3 aromatic rings. The second kappa shape index (κ2) is 9.41. The summed E-state index contributed by atoms with van der Waals surface area (Å²) in [5.74, 6) is -0.797. The number of carbonyl (C=O) groups excluding carboxylic acids is 1. The molecule has 0 saturated carbocycles. The van der Waals surface area contributed by atoms with E-state index < -0.39 is 27.7 Å². The van der Waals surface area contributed by atoms with E-state index in [9.17, 15) is 26.4 Å². The van der Waals surface area contributed by atoms with E-state index in [1.54, 1.807) is 0 Å². The summed E-state index contributed by atoms with van der Waals surface area (Å²) in [4.78, 5) is 12.1. The first-order chi connectivity index (χ1) is 15.1. The number of rotatable bonds is 6. The largest absolute Gasteiger partial charge is 0.417 e. The van der Waals surface area contributed by atoms with Crippen molar-refractivity contribution >= 4 is 39.4 Å². The molecule has 0 atom stereocenters. The van der Waals surface area contributed by atoms with Crippen LogP contribution in [0.3, 0.4) is 0 Å². The van der Waals surface area contributed by atoms with Gasteiger partial charge in [-0.25, -0.2) is 13.8 Å². The van der Waals surface area contributed by atoms with Gasteiger partial charge in [-0.05, 0) is 48.5 Å². The van der Waals surface area contributed by atoms with Crippen molar-refractivity contribution in [2.75, 3.05) is 4.72 Å². The fourth-order valence-electron chi connectivity index (χ4n) is 2.63. The predicted molar refractivity (Wildman–Crippen MR) is 115 cm³/mol. The van der Waals surface area contributed by atoms with Crippen LogP contribution in [0.15, 0.2) is 82.8 Å². The van der Waals surface area contributed by atoms with E-state index in [4.69, 9.17) is 11.6 Å². The van der Waals surface area contributed by atoms with Crippen molar-refractivity contribution in [3.05, 3.63) is 94.5 Å². The van der Waals surface area contributed by atoms with Crippen LogP contribution in [0.2, 0.25) is 5.02 Å². The van der Waals surface area contributed by atoms with Crippen LogP contribution in [0.1, 0.15) is 21.5 Å². The molecule has 166 valence electrons. The van der Waals surface area contributed by atoms with Crippen LogP contribution in [-0.2, 0) is 16.2 Å². The molecule has 0 heterocycles. The summed E-state index contributed by atoms with van der Waals surface area (Å²) in [6.45, 7) is 0. The van der Waals surface area contributed by atoms with Crippen LogP contribution >= 0.6 is 11.6 Å². The molecule has 0 spiro atoms. The van der Waals surface area contributed by atoms with Gasteiger partial charge in [-0.1, -0.05) is 35.9 Å². The summed E-state index contributed by atoms with van der Waals surface area (Å²) in [6, 6.07) is 15.8. The van der Waals surface area contributed by atoms with Crippen LogP contribution in [0.5, 0.6) is 0 Å². The predicted octanol–water partition coefficient (Wildman–Crippen LogP) is 4.92. The van der Waals surface area contributed by atoms with E-state index in [2.05, 4.69) is 15.2 Å². The van der Waals surface area contributed by atoms with Crippen molar-refractivity contribution in [3.8, 4) is 0 Å². The van der Waals surface area contributed by atoms with Gasteiger partial charge < -0.3 is 0 Å². The minimum atomic E-state index is -4.58. The standard InChI is InChI=1S/C21H15ClF3N3O3S/c22-16-8-10-17(11-9-16)28-32(30,31)18-6-3-5-14(12-18)20(29)27-26-13-15-4-1-2-7-19(15)21(23,24)25/h1-13,28H,(H,27,29). The number of hydrogen-bond donors (Lipinski definition) is 2. The van der Waals surface area contributed by atoms with Gasteiger partial charge >= 0.3 is 6.18 Å². The maximum absolute atomic E-state index is 13.0. The van der Waals surface area contributed by atoms with Gasteiger partial charge in [0.25, 0.3) is 15.9 Å². The number of sulfonamides is 1. The summed E-state index contributed by atoms with van der Waals surface area (Å²) in [5, 5.41) is 3.99. The van der Waals surface area contributed by atoms with Gasteiger partial charge in [0, 0.05) is 21.8 Å². The maximum Gasteiger partial charge on any atom is 0.417 e. The van der Waals surface area contributed by atoms with Gasteiger partial charge in [-0.2, -0.15) is 18.3 Å².